The van der Waals surface area contributed by atoms with Crippen LogP contribution in [0.3, 0.4) is 0 Å². The number of benzene rings is 1. The Labute approximate surface area is 165 Å². The average Bonchev–Trinajstić information content (AvgIpc) is 3.47. The fourth-order valence-corrected chi connectivity index (χ4v) is 5.70. The van der Waals surface area contributed by atoms with Crippen LogP contribution in [0.25, 0.3) is 0 Å². The second-order valence-electron chi connectivity index (χ2n) is 7.88. The van der Waals surface area contributed by atoms with E-state index >= 15 is 0 Å². The summed E-state index contributed by atoms with van der Waals surface area (Å²) >= 11 is 3.67. The average molecular weight is 442 g/mol. The predicted molar refractivity (Wildman–Crippen MR) is 110 cm³/mol. The normalized spacial score (nSPS) is 20.5. The molecule has 2 aliphatic carbocycles. The van der Waals surface area contributed by atoms with Gasteiger partial charge < -0.3 is 10.6 Å². The maximum atomic E-state index is 11.6. The van der Waals surface area contributed by atoms with Gasteiger partial charge in [0.15, 0.2) is 5.96 Å². The maximum absolute atomic E-state index is 11.6. The van der Waals surface area contributed by atoms with Gasteiger partial charge in [0, 0.05) is 41.2 Å². The molecule has 0 aromatic heterocycles. The van der Waals surface area contributed by atoms with E-state index < -0.39 is 9.84 Å². The van der Waals surface area contributed by atoms with Gasteiger partial charge in [-0.15, -0.1) is 0 Å². The number of halogens is 1. The van der Waals surface area contributed by atoms with Gasteiger partial charge in [0.05, 0.1) is 5.75 Å². The molecule has 0 amide bonds. The molecule has 0 saturated heterocycles. The molecular weight excluding hydrogens is 414 g/mol. The molecule has 0 atom stereocenters. The molecule has 3 rings (SSSR count). The van der Waals surface area contributed by atoms with E-state index in [-0.39, 0.29) is 16.6 Å². The van der Waals surface area contributed by atoms with Crippen molar-refractivity contribution in [2.24, 2.45) is 10.4 Å². The largest absolute Gasteiger partial charge is 0.357 e. The number of rotatable bonds is 8. The Morgan fingerprint density at radius 3 is 2.42 bits per heavy atom. The Morgan fingerprint density at radius 1 is 1.19 bits per heavy atom. The van der Waals surface area contributed by atoms with E-state index in [1.54, 1.807) is 0 Å². The fraction of sp³-hybridized carbons (Fsp3) is 0.632. The Bertz CT molecular complexity index is 784. The number of guanidine groups is 1. The van der Waals surface area contributed by atoms with Crippen LogP contribution in [0, 0.1) is 5.41 Å². The van der Waals surface area contributed by atoms with Gasteiger partial charge in [0.1, 0.15) is 9.84 Å². The quantitative estimate of drug-likeness (QED) is 0.480. The van der Waals surface area contributed by atoms with E-state index in [1.165, 1.54) is 24.7 Å². The van der Waals surface area contributed by atoms with Crippen molar-refractivity contribution >= 4 is 31.7 Å². The number of nitrogens with zero attached hydrogens (tertiary/aromatic N) is 1. The minimum Gasteiger partial charge on any atom is -0.357 e. The number of hydrogen-bond acceptors (Lipinski definition) is 3. The Hall–Kier alpha value is -1.08. The predicted octanol–water partition coefficient (Wildman–Crippen LogP) is 2.86. The van der Waals surface area contributed by atoms with E-state index in [2.05, 4.69) is 44.8 Å². The molecular formula is C19H28BrN3O2S. The standard InChI is InChI=1S/C19H28BrN3O2S/c1-3-21-17(22-12-18(8-9-18)14-26(2,24)25)23-13-19(10-11-19)15-6-4-5-7-16(15)20/h4-7H,3,8-14H2,1-2H3,(H2,21,22,23). The van der Waals surface area contributed by atoms with Crippen LogP contribution < -0.4 is 10.6 Å². The second-order valence-corrected chi connectivity index (χ2v) is 10.9. The highest BCUT2D eigenvalue weighted by Gasteiger charge is 2.46. The van der Waals surface area contributed by atoms with Crippen LogP contribution in [0.1, 0.15) is 38.2 Å². The van der Waals surface area contributed by atoms with Crippen molar-refractivity contribution in [1.82, 2.24) is 10.6 Å². The van der Waals surface area contributed by atoms with Gasteiger partial charge in [-0.3, -0.25) is 4.99 Å². The minimum atomic E-state index is -2.96. The summed E-state index contributed by atoms with van der Waals surface area (Å²) in [5.41, 5.74) is 1.37. The van der Waals surface area contributed by atoms with Crippen molar-refractivity contribution in [1.29, 1.82) is 0 Å². The highest BCUT2D eigenvalue weighted by atomic mass is 79.9. The summed E-state index contributed by atoms with van der Waals surface area (Å²) in [5, 5.41) is 6.77. The van der Waals surface area contributed by atoms with Gasteiger partial charge >= 0.3 is 0 Å². The lowest BCUT2D eigenvalue weighted by Crippen LogP contribution is -2.41. The smallest absolute Gasteiger partial charge is 0.191 e. The first-order valence-electron chi connectivity index (χ1n) is 9.23. The summed E-state index contributed by atoms with van der Waals surface area (Å²) in [6.07, 6.45) is 5.54. The van der Waals surface area contributed by atoms with E-state index in [0.29, 0.717) is 6.54 Å². The molecule has 2 aliphatic rings. The molecule has 2 saturated carbocycles. The highest BCUT2D eigenvalue weighted by molar-refractivity contribution is 9.10. The zero-order valence-electron chi connectivity index (χ0n) is 15.5. The van der Waals surface area contributed by atoms with Gasteiger partial charge in [0.25, 0.3) is 0 Å². The lowest BCUT2D eigenvalue weighted by Gasteiger charge is -2.21. The van der Waals surface area contributed by atoms with Crippen LogP contribution in [-0.4, -0.2) is 46.0 Å². The number of sulfone groups is 1. The summed E-state index contributed by atoms with van der Waals surface area (Å²) in [7, 11) is -2.96. The molecule has 0 bridgehead atoms. The molecule has 5 nitrogen and oxygen atoms in total. The number of aliphatic imine (C=N–C) groups is 1. The second kappa shape index (κ2) is 7.50. The third kappa shape index (κ3) is 5.00. The Morgan fingerprint density at radius 2 is 1.88 bits per heavy atom. The van der Waals surface area contributed by atoms with Gasteiger partial charge in [-0.05, 0) is 44.2 Å². The van der Waals surface area contributed by atoms with Crippen molar-refractivity contribution in [3.05, 3.63) is 34.3 Å². The van der Waals surface area contributed by atoms with Crippen LogP contribution in [0.2, 0.25) is 0 Å². The van der Waals surface area contributed by atoms with Crippen molar-refractivity contribution in [3.8, 4) is 0 Å². The van der Waals surface area contributed by atoms with Crippen LogP contribution in [0.5, 0.6) is 0 Å². The third-order valence-corrected chi connectivity index (χ3v) is 7.16. The van der Waals surface area contributed by atoms with Crippen LogP contribution in [0.4, 0.5) is 0 Å². The molecule has 2 fully saturated rings. The third-order valence-electron chi connectivity index (χ3n) is 5.34. The lowest BCUT2D eigenvalue weighted by molar-refractivity contribution is 0.549. The van der Waals surface area contributed by atoms with Gasteiger partial charge in [-0.1, -0.05) is 34.1 Å². The summed E-state index contributed by atoms with van der Waals surface area (Å²) < 4.78 is 24.4. The summed E-state index contributed by atoms with van der Waals surface area (Å²) in [5.74, 6) is 1.02. The molecule has 2 N–H and O–H groups in total. The van der Waals surface area contributed by atoms with Gasteiger partial charge in [-0.2, -0.15) is 0 Å². The van der Waals surface area contributed by atoms with Crippen LogP contribution in [-0.2, 0) is 15.3 Å². The lowest BCUT2D eigenvalue weighted by atomic mass is 9.96. The molecule has 0 radical (unpaired) electrons. The Balaban J connectivity index is 1.63. The molecule has 144 valence electrons. The van der Waals surface area contributed by atoms with Crippen LogP contribution in [0.15, 0.2) is 33.7 Å². The Kier molecular flexibility index (Phi) is 5.68. The molecule has 0 unspecified atom stereocenters. The SMILES string of the molecule is CCNC(=NCC1(CS(C)(=O)=O)CC1)NCC1(c2ccccc2Br)CC1. The molecule has 0 aliphatic heterocycles. The summed E-state index contributed by atoms with van der Waals surface area (Å²) in [6, 6.07) is 8.41. The van der Waals surface area contributed by atoms with E-state index in [9.17, 15) is 8.42 Å². The van der Waals surface area contributed by atoms with Gasteiger partial charge in [0.2, 0.25) is 0 Å². The number of nitrogens with one attached hydrogen (secondary N) is 2. The summed E-state index contributed by atoms with van der Waals surface area (Å²) in [4.78, 5) is 4.70. The van der Waals surface area contributed by atoms with Crippen molar-refractivity contribution in [3.63, 3.8) is 0 Å². The monoisotopic (exact) mass is 441 g/mol. The molecule has 1 aromatic carbocycles. The zero-order valence-corrected chi connectivity index (χ0v) is 17.9. The van der Waals surface area contributed by atoms with Crippen molar-refractivity contribution in [2.45, 2.75) is 38.0 Å². The van der Waals surface area contributed by atoms with Gasteiger partial charge in [-0.25, -0.2) is 8.42 Å². The molecule has 1 aromatic rings. The van der Waals surface area contributed by atoms with Crippen molar-refractivity contribution < 1.29 is 8.42 Å². The first kappa shape index (κ1) is 19.7. The maximum Gasteiger partial charge on any atom is 0.191 e. The first-order valence-corrected chi connectivity index (χ1v) is 12.1. The van der Waals surface area contributed by atoms with Crippen molar-refractivity contribution in [2.75, 3.05) is 31.6 Å². The van der Waals surface area contributed by atoms with E-state index in [0.717, 1.165) is 36.4 Å². The first-order chi connectivity index (χ1) is 12.3. The fourth-order valence-electron chi connectivity index (χ4n) is 3.51. The molecule has 0 heterocycles. The van der Waals surface area contributed by atoms with E-state index in [4.69, 9.17) is 4.99 Å². The molecule has 26 heavy (non-hydrogen) atoms. The summed E-state index contributed by atoms with van der Waals surface area (Å²) in [6.45, 7) is 4.23. The van der Waals surface area contributed by atoms with Crippen LogP contribution >= 0.6 is 15.9 Å². The number of hydrogen-bond donors (Lipinski definition) is 2. The minimum absolute atomic E-state index is 0.143. The topological polar surface area (TPSA) is 70.6 Å². The zero-order chi connectivity index (χ0) is 18.8. The van der Waals surface area contributed by atoms with E-state index in [1.807, 2.05) is 13.0 Å². The molecule has 0 spiro atoms. The highest BCUT2D eigenvalue weighted by Crippen LogP contribution is 2.50. The molecule has 7 heteroatoms.